The summed E-state index contributed by atoms with van der Waals surface area (Å²) in [6, 6.07) is 18.1. The van der Waals surface area contributed by atoms with Crippen molar-refractivity contribution in [2.45, 2.75) is 39.2 Å². The maximum atomic E-state index is 12.3. The molecule has 0 saturated heterocycles. The molecular formula is C28H32N5O2+. The van der Waals surface area contributed by atoms with Gasteiger partial charge in [0.1, 0.15) is 24.3 Å². The molecule has 3 aliphatic rings. The maximum Gasteiger partial charge on any atom is 0.265 e. The Morgan fingerprint density at radius 1 is 1.11 bits per heavy atom. The molecule has 7 nitrogen and oxygen atoms in total. The minimum Gasteiger partial charge on any atom is -0.489 e. The molecule has 1 saturated carbocycles. The molecule has 1 amide bonds. The van der Waals surface area contributed by atoms with Crippen molar-refractivity contribution in [3.05, 3.63) is 89.5 Å². The van der Waals surface area contributed by atoms with E-state index in [1.807, 2.05) is 73.9 Å². The standard InChI is InChI=1S/C28H31N5O2/c1-2-31-28(34)22-13-11-21(12-14-22)26-25-18-30-15-16-33(25,29)27(32-26)23-9-6-10-24(17-23)35-19-20-7-4-3-5-8-20/h3-10,15-18,21-22H,2,11-14,19,29H2,1H3/p+1. The number of nitrogens with two attached hydrogens (primary N) is 1. The topological polar surface area (TPSA) is 89.1 Å². The highest BCUT2D eigenvalue weighted by Gasteiger charge is 2.46. The van der Waals surface area contributed by atoms with Crippen molar-refractivity contribution < 1.29 is 14.1 Å². The van der Waals surface area contributed by atoms with Crippen molar-refractivity contribution in [3.8, 4) is 5.75 Å². The van der Waals surface area contributed by atoms with E-state index in [0.29, 0.717) is 13.2 Å². The van der Waals surface area contributed by atoms with Crippen LogP contribution in [0, 0.1) is 11.8 Å². The number of quaternary nitrogens is 1. The second-order valence-corrected chi connectivity index (χ2v) is 9.30. The number of allylic oxidation sites excluding steroid dienone is 2. The number of carbonyl (C=O) groups excluding carboxylic acids is 1. The van der Waals surface area contributed by atoms with Gasteiger partial charge in [-0.05, 0) is 56.4 Å². The van der Waals surface area contributed by atoms with Crippen molar-refractivity contribution in [1.82, 2.24) is 5.32 Å². The molecule has 0 aromatic heterocycles. The Morgan fingerprint density at radius 3 is 2.69 bits per heavy atom. The third-order valence-electron chi connectivity index (χ3n) is 7.00. The normalized spacial score (nSPS) is 25.3. The van der Waals surface area contributed by atoms with Crippen LogP contribution in [0.5, 0.6) is 5.75 Å². The number of rotatable bonds is 7. The number of hydrogen-bond acceptors (Lipinski definition) is 5. The Bertz CT molecular complexity index is 1210. The zero-order valence-corrected chi connectivity index (χ0v) is 20.1. The highest BCUT2D eigenvalue weighted by atomic mass is 16.5. The molecule has 1 aliphatic carbocycles. The summed E-state index contributed by atoms with van der Waals surface area (Å²) in [5.41, 5.74) is 3.92. The molecule has 35 heavy (non-hydrogen) atoms. The molecule has 180 valence electrons. The summed E-state index contributed by atoms with van der Waals surface area (Å²) in [6.45, 7) is 3.13. The summed E-state index contributed by atoms with van der Waals surface area (Å²) in [5, 5.41) is 2.96. The van der Waals surface area contributed by atoms with Crippen molar-refractivity contribution >= 4 is 18.0 Å². The fourth-order valence-electron chi connectivity index (χ4n) is 5.12. The summed E-state index contributed by atoms with van der Waals surface area (Å²) in [4.78, 5) is 21.8. The first-order valence-electron chi connectivity index (χ1n) is 12.4. The van der Waals surface area contributed by atoms with Crippen molar-refractivity contribution in [1.29, 1.82) is 0 Å². The predicted octanol–water partition coefficient (Wildman–Crippen LogP) is 4.43. The second kappa shape index (κ2) is 9.98. The zero-order valence-electron chi connectivity index (χ0n) is 20.1. The smallest absolute Gasteiger partial charge is 0.265 e. The lowest BCUT2D eigenvalue weighted by Crippen LogP contribution is -2.53. The van der Waals surface area contributed by atoms with Gasteiger partial charge in [-0.1, -0.05) is 36.4 Å². The number of amidine groups is 1. The van der Waals surface area contributed by atoms with E-state index in [-0.39, 0.29) is 22.3 Å². The van der Waals surface area contributed by atoms with E-state index >= 15 is 0 Å². The molecule has 1 fully saturated rings. The highest BCUT2D eigenvalue weighted by molar-refractivity contribution is 6.00. The van der Waals surface area contributed by atoms with E-state index in [0.717, 1.165) is 59.8 Å². The van der Waals surface area contributed by atoms with Gasteiger partial charge >= 0.3 is 0 Å². The first-order chi connectivity index (χ1) is 17.1. The number of aliphatic imine (C=N–C) groups is 2. The molecule has 2 aliphatic heterocycles. The Hall–Kier alpha value is -3.55. The number of hydrogen-bond donors (Lipinski definition) is 2. The van der Waals surface area contributed by atoms with Crippen LogP contribution in [-0.4, -0.2) is 29.1 Å². The summed E-state index contributed by atoms with van der Waals surface area (Å²) >= 11 is 0. The molecule has 0 spiro atoms. The lowest BCUT2D eigenvalue weighted by molar-refractivity contribution is -0.750. The average Bonchev–Trinajstić information content (AvgIpc) is 3.21. The Morgan fingerprint density at radius 2 is 1.91 bits per heavy atom. The van der Waals surface area contributed by atoms with Crippen LogP contribution in [0.4, 0.5) is 0 Å². The van der Waals surface area contributed by atoms with Gasteiger partial charge in [-0.25, -0.2) is 0 Å². The molecule has 0 radical (unpaired) electrons. The first-order valence-corrected chi connectivity index (χ1v) is 12.4. The van der Waals surface area contributed by atoms with Gasteiger partial charge in [-0.3, -0.25) is 9.79 Å². The van der Waals surface area contributed by atoms with Crippen LogP contribution in [0.25, 0.3) is 0 Å². The van der Waals surface area contributed by atoms with Gasteiger partial charge in [0, 0.05) is 18.4 Å². The van der Waals surface area contributed by atoms with Gasteiger partial charge in [0.15, 0.2) is 0 Å². The molecule has 2 heterocycles. The number of nitrogens with one attached hydrogen (secondary N) is 1. The molecule has 2 aromatic rings. The minimum absolute atomic E-state index is 0.00276. The SMILES string of the molecule is CCNC(=O)C1CCC(C2=C3C=NC=C[N+]3(N)C(c3cccc(OCc4ccccc4)c3)=N2)CC1. The average molecular weight is 471 g/mol. The second-order valence-electron chi connectivity index (χ2n) is 9.30. The van der Waals surface area contributed by atoms with Crippen LogP contribution in [-0.2, 0) is 11.4 Å². The van der Waals surface area contributed by atoms with Crippen LogP contribution < -0.4 is 15.9 Å². The number of fused-ring (bicyclic) bond motifs is 1. The lowest BCUT2D eigenvalue weighted by Gasteiger charge is -2.29. The van der Waals surface area contributed by atoms with Gasteiger partial charge < -0.3 is 10.1 Å². The van der Waals surface area contributed by atoms with Crippen LogP contribution >= 0.6 is 0 Å². The fraction of sp³-hybridized carbons (Fsp3) is 0.321. The molecular weight excluding hydrogens is 438 g/mol. The summed E-state index contributed by atoms with van der Waals surface area (Å²) in [6.07, 6.45) is 8.97. The Kier molecular flexibility index (Phi) is 6.61. The van der Waals surface area contributed by atoms with Crippen LogP contribution in [0.2, 0.25) is 0 Å². The molecule has 3 N–H and O–H groups in total. The Balaban J connectivity index is 1.38. The predicted molar refractivity (Wildman–Crippen MR) is 137 cm³/mol. The van der Waals surface area contributed by atoms with Gasteiger partial charge in [-0.15, -0.1) is 4.59 Å². The number of carbonyl (C=O) groups is 1. The molecule has 7 heteroatoms. The monoisotopic (exact) mass is 470 g/mol. The van der Waals surface area contributed by atoms with E-state index in [2.05, 4.69) is 10.3 Å². The van der Waals surface area contributed by atoms with Gasteiger partial charge in [0.2, 0.25) is 11.6 Å². The van der Waals surface area contributed by atoms with E-state index in [9.17, 15) is 4.79 Å². The number of amides is 1. The third-order valence-corrected chi connectivity index (χ3v) is 7.00. The van der Waals surface area contributed by atoms with Gasteiger partial charge in [0.05, 0.1) is 18.0 Å². The number of ether oxygens (including phenoxy) is 1. The van der Waals surface area contributed by atoms with E-state index in [1.165, 1.54) is 0 Å². The maximum absolute atomic E-state index is 12.3. The molecule has 1 atom stereocenters. The number of nitrogens with zero attached hydrogens (tertiary/aromatic N) is 3. The summed E-state index contributed by atoms with van der Waals surface area (Å²) in [7, 11) is 0. The van der Waals surface area contributed by atoms with Crippen molar-refractivity contribution in [3.63, 3.8) is 0 Å². The molecule has 5 rings (SSSR count). The Labute approximate surface area is 206 Å². The summed E-state index contributed by atoms with van der Waals surface area (Å²) < 4.78 is 6.06. The summed E-state index contributed by atoms with van der Waals surface area (Å²) in [5.74, 6) is 8.96. The van der Waals surface area contributed by atoms with E-state index < -0.39 is 0 Å². The minimum atomic E-state index is -0.00276. The molecule has 1 unspecified atom stereocenters. The van der Waals surface area contributed by atoms with E-state index in [4.69, 9.17) is 15.6 Å². The van der Waals surface area contributed by atoms with E-state index in [1.54, 1.807) is 6.20 Å². The van der Waals surface area contributed by atoms with Gasteiger partial charge in [-0.2, -0.15) is 10.8 Å². The number of benzene rings is 2. The van der Waals surface area contributed by atoms with Crippen LogP contribution in [0.15, 0.2) is 88.4 Å². The third kappa shape index (κ3) is 4.70. The zero-order chi connectivity index (χ0) is 24.3. The lowest BCUT2D eigenvalue weighted by atomic mass is 9.79. The van der Waals surface area contributed by atoms with Crippen molar-refractivity contribution in [2.24, 2.45) is 27.7 Å². The molecule has 2 aromatic carbocycles. The largest absolute Gasteiger partial charge is 0.489 e. The van der Waals surface area contributed by atoms with Crippen molar-refractivity contribution in [2.75, 3.05) is 6.54 Å². The highest BCUT2D eigenvalue weighted by Crippen LogP contribution is 2.41. The van der Waals surface area contributed by atoms with Crippen LogP contribution in [0.1, 0.15) is 43.7 Å². The van der Waals surface area contributed by atoms with Gasteiger partial charge in [0.25, 0.3) is 5.84 Å². The quantitative estimate of drug-likeness (QED) is 0.464. The fourth-order valence-corrected chi connectivity index (χ4v) is 5.12. The first kappa shape index (κ1) is 23.2. The molecule has 0 bridgehead atoms. The van der Waals surface area contributed by atoms with Crippen LogP contribution in [0.3, 0.4) is 0 Å².